The summed E-state index contributed by atoms with van der Waals surface area (Å²) in [6, 6.07) is 0.707. The first-order valence-corrected chi connectivity index (χ1v) is 7.91. The highest BCUT2D eigenvalue weighted by molar-refractivity contribution is 5.30. The molecule has 2 rings (SSSR count). The van der Waals surface area contributed by atoms with Gasteiger partial charge >= 0.3 is 0 Å². The highest BCUT2D eigenvalue weighted by Gasteiger charge is 2.39. The number of hydrogen-bond donors (Lipinski definition) is 0. The van der Waals surface area contributed by atoms with Gasteiger partial charge in [-0.2, -0.15) is 0 Å². The molecule has 3 unspecified atom stereocenters. The van der Waals surface area contributed by atoms with Crippen molar-refractivity contribution in [1.29, 1.82) is 0 Å². The molecule has 2 aliphatic heterocycles. The fraction of sp³-hybridized carbons (Fsp3) is 0.882. The van der Waals surface area contributed by atoms with E-state index in [4.69, 9.17) is 0 Å². The third-order valence-corrected chi connectivity index (χ3v) is 4.81. The van der Waals surface area contributed by atoms with Crippen molar-refractivity contribution in [2.45, 2.75) is 60.4 Å². The van der Waals surface area contributed by atoms with Gasteiger partial charge in [0.05, 0.1) is 0 Å². The van der Waals surface area contributed by atoms with E-state index in [-0.39, 0.29) is 0 Å². The van der Waals surface area contributed by atoms with Crippen LogP contribution < -0.4 is 0 Å². The molecule has 18 heavy (non-hydrogen) atoms. The van der Waals surface area contributed by atoms with E-state index < -0.39 is 0 Å². The van der Waals surface area contributed by atoms with Crippen LogP contribution in [0.4, 0.5) is 0 Å². The van der Waals surface area contributed by atoms with Crippen molar-refractivity contribution in [3.05, 3.63) is 11.1 Å². The molecule has 0 aliphatic carbocycles. The van der Waals surface area contributed by atoms with Gasteiger partial charge < -0.3 is 0 Å². The monoisotopic (exact) mass is 249 g/mol. The Kier molecular flexibility index (Phi) is 4.21. The van der Waals surface area contributed by atoms with Gasteiger partial charge in [0.15, 0.2) is 0 Å². The zero-order valence-corrected chi connectivity index (χ0v) is 13.2. The van der Waals surface area contributed by atoms with Gasteiger partial charge in [-0.05, 0) is 43.1 Å². The van der Waals surface area contributed by atoms with Gasteiger partial charge in [-0.25, -0.2) is 0 Å². The maximum atomic E-state index is 2.78. The lowest BCUT2D eigenvalue weighted by atomic mass is 9.70. The first kappa shape index (κ1) is 14.1. The smallest absolute Gasteiger partial charge is 0.0336 e. The zero-order chi connectivity index (χ0) is 13.4. The second kappa shape index (κ2) is 5.36. The van der Waals surface area contributed by atoms with Crippen LogP contribution in [0.3, 0.4) is 0 Å². The molecule has 0 radical (unpaired) electrons. The van der Waals surface area contributed by atoms with Gasteiger partial charge in [0.25, 0.3) is 0 Å². The zero-order valence-electron chi connectivity index (χ0n) is 13.2. The van der Waals surface area contributed by atoms with Gasteiger partial charge in [-0.1, -0.05) is 52.7 Å². The summed E-state index contributed by atoms with van der Waals surface area (Å²) in [6.07, 6.45) is 2.82. The van der Waals surface area contributed by atoms with Crippen LogP contribution in [0, 0.1) is 23.7 Å². The third kappa shape index (κ3) is 2.39. The van der Waals surface area contributed by atoms with Gasteiger partial charge in [-0.3, -0.25) is 4.90 Å². The molecule has 0 N–H and O–H groups in total. The van der Waals surface area contributed by atoms with Crippen molar-refractivity contribution < 1.29 is 0 Å². The third-order valence-electron chi connectivity index (χ3n) is 4.81. The van der Waals surface area contributed by atoms with E-state index in [9.17, 15) is 0 Å². The molecule has 2 heterocycles. The minimum Gasteiger partial charge on any atom is -0.296 e. The first-order valence-electron chi connectivity index (χ1n) is 7.91. The summed E-state index contributed by atoms with van der Waals surface area (Å²) in [6.45, 7) is 17.1. The summed E-state index contributed by atoms with van der Waals surface area (Å²) < 4.78 is 0. The van der Waals surface area contributed by atoms with Crippen LogP contribution in [0.2, 0.25) is 0 Å². The predicted octanol–water partition coefficient (Wildman–Crippen LogP) is 4.35. The lowest BCUT2D eigenvalue weighted by Gasteiger charge is -2.50. The maximum Gasteiger partial charge on any atom is 0.0336 e. The summed E-state index contributed by atoms with van der Waals surface area (Å²) >= 11 is 0. The van der Waals surface area contributed by atoms with Crippen LogP contribution in [0.15, 0.2) is 11.1 Å². The fourth-order valence-electron chi connectivity index (χ4n) is 4.38. The highest BCUT2D eigenvalue weighted by atomic mass is 15.2. The minimum absolute atomic E-state index is 0.707. The Morgan fingerprint density at radius 1 is 0.944 bits per heavy atom. The largest absolute Gasteiger partial charge is 0.296 e. The van der Waals surface area contributed by atoms with E-state index in [1.807, 2.05) is 5.57 Å². The summed E-state index contributed by atoms with van der Waals surface area (Å²) in [5, 5.41) is 0. The van der Waals surface area contributed by atoms with Gasteiger partial charge in [0, 0.05) is 12.6 Å². The Bertz CT molecular complexity index is 325. The molecule has 2 bridgehead atoms. The number of fused-ring (bicyclic) bond motifs is 2. The SMILES string of the molecule is CC(C)C1=C(C(C)C)C(C(C)C)N2CCCC1C2. The number of piperidine rings is 1. The van der Waals surface area contributed by atoms with Gasteiger partial charge in [0.2, 0.25) is 0 Å². The second-order valence-corrected chi connectivity index (χ2v) is 7.24. The van der Waals surface area contributed by atoms with E-state index in [0.717, 1.165) is 17.8 Å². The van der Waals surface area contributed by atoms with Crippen molar-refractivity contribution in [2.75, 3.05) is 13.1 Å². The molecule has 0 spiro atoms. The van der Waals surface area contributed by atoms with Crippen LogP contribution in [0.25, 0.3) is 0 Å². The number of nitrogens with zero attached hydrogens (tertiary/aromatic N) is 1. The molecular weight excluding hydrogens is 218 g/mol. The summed E-state index contributed by atoms with van der Waals surface area (Å²) in [5.41, 5.74) is 3.61. The highest BCUT2D eigenvalue weighted by Crippen LogP contribution is 2.43. The molecule has 1 nitrogen and oxygen atoms in total. The van der Waals surface area contributed by atoms with Gasteiger partial charge in [-0.15, -0.1) is 0 Å². The van der Waals surface area contributed by atoms with E-state index in [2.05, 4.69) is 46.4 Å². The summed E-state index contributed by atoms with van der Waals surface area (Å²) in [4.78, 5) is 2.78. The van der Waals surface area contributed by atoms with Crippen molar-refractivity contribution >= 4 is 0 Å². The van der Waals surface area contributed by atoms with Crippen molar-refractivity contribution in [3.8, 4) is 0 Å². The fourth-order valence-corrected chi connectivity index (χ4v) is 4.38. The average molecular weight is 249 g/mol. The summed E-state index contributed by atoms with van der Waals surface area (Å²) in [5.74, 6) is 3.04. The Labute approximate surface area is 114 Å². The molecule has 104 valence electrons. The second-order valence-electron chi connectivity index (χ2n) is 7.24. The Balaban J connectivity index is 2.49. The first-order chi connectivity index (χ1) is 8.43. The number of rotatable bonds is 3. The van der Waals surface area contributed by atoms with E-state index in [1.54, 1.807) is 5.57 Å². The summed E-state index contributed by atoms with van der Waals surface area (Å²) in [7, 11) is 0. The molecular formula is C17H31N. The van der Waals surface area contributed by atoms with E-state index in [0.29, 0.717) is 12.0 Å². The molecule has 0 aromatic heterocycles. The Morgan fingerprint density at radius 3 is 2.06 bits per heavy atom. The van der Waals surface area contributed by atoms with Crippen molar-refractivity contribution in [1.82, 2.24) is 4.90 Å². The molecule has 1 fully saturated rings. The normalized spacial score (nSPS) is 32.8. The Hall–Kier alpha value is -0.300. The average Bonchev–Trinajstić information content (AvgIpc) is 2.27. The molecule has 3 atom stereocenters. The molecule has 0 aromatic carbocycles. The molecule has 0 amide bonds. The predicted molar refractivity (Wildman–Crippen MR) is 79.6 cm³/mol. The lowest BCUT2D eigenvalue weighted by Crippen LogP contribution is -2.52. The molecule has 1 saturated heterocycles. The molecule has 2 aliphatic rings. The molecule has 0 saturated carbocycles. The molecule has 1 heteroatoms. The Morgan fingerprint density at radius 2 is 1.56 bits per heavy atom. The minimum atomic E-state index is 0.707. The van der Waals surface area contributed by atoms with Crippen molar-refractivity contribution in [2.24, 2.45) is 23.7 Å². The van der Waals surface area contributed by atoms with Crippen LogP contribution in [-0.4, -0.2) is 24.0 Å². The van der Waals surface area contributed by atoms with Crippen molar-refractivity contribution in [3.63, 3.8) is 0 Å². The van der Waals surface area contributed by atoms with Crippen LogP contribution in [0.5, 0.6) is 0 Å². The lowest BCUT2D eigenvalue weighted by molar-refractivity contribution is 0.0956. The number of hydrogen-bond acceptors (Lipinski definition) is 1. The van der Waals surface area contributed by atoms with E-state index >= 15 is 0 Å². The topological polar surface area (TPSA) is 3.24 Å². The van der Waals surface area contributed by atoms with E-state index in [1.165, 1.54) is 25.9 Å². The van der Waals surface area contributed by atoms with Crippen LogP contribution in [-0.2, 0) is 0 Å². The maximum absolute atomic E-state index is 2.78. The van der Waals surface area contributed by atoms with Crippen LogP contribution in [0.1, 0.15) is 54.4 Å². The quantitative estimate of drug-likeness (QED) is 0.672. The standard InChI is InChI=1S/C17H31N/c1-11(2)15-14-8-7-9-18(10-14)17(13(5)6)16(15)12(3)4/h11-14,17H,7-10H2,1-6H3. The molecule has 0 aromatic rings. The van der Waals surface area contributed by atoms with Crippen LogP contribution >= 0.6 is 0 Å². The van der Waals surface area contributed by atoms with Gasteiger partial charge in [0.1, 0.15) is 0 Å².